The largest absolute Gasteiger partial charge is 0.433 e. The molecule has 6 heteroatoms. The van der Waals surface area contributed by atoms with E-state index in [-0.39, 0.29) is 11.9 Å². The van der Waals surface area contributed by atoms with Crippen LogP contribution in [-0.4, -0.2) is 11.0 Å². The number of rotatable bonds is 4. The molecule has 2 rings (SSSR count). The van der Waals surface area contributed by atoms with Crippen molar-refractivity contribution in [2.75, 3.05) is 5.32 Å². The Morgan fingerprint density at radius 1 is 1.26 bits per heavy atom. The lowest BCUT2D eigenvalue weighted by Crippen LogP contribution is -2.19. The van der Waals surface area contributed by atoms with Gasteiger partial charge in [-0.25, -0.2) is 4.98 Å². The first-order valence-corrected chi connectivity index (χ1v) is 6.66. The number of hydrogen-bond acceptors (Lipinski definition) is 3. The lowest BCUT2D eigenvalue weighted by atomic mass is 10.2. The van der Waals surface area contributed by atoms with E-state index >= 15 is 0 Å². The molecule has 0 aromatic carbocycles. The van der Waals surface area contributed by atoms with Gasteiger partial charge < -0.3 is 5.32 Å². The molecule has 19 heavy (non-hydrogen) atoms. The first kappa shape index (κ1) is 13.9. The predicted molar refractivity (Wildman–Crippen MR) is 70.3 cm³/mol. The third-order valence-electron chi connectivity index (χ3n) is 2.52. The molecule has 0 radical (unpaired) electrons. The van der Waals surface area contributed by atoms with E-state index in [4.69, 9.17) is 0 Å². The van der Waals surface area contributed by atoms with Crippen LogP contribution in [0.15, 0.2) is 35.7 Å². The summed E-state index contributed by atoms with van der Waals surface area (Å²) in [5.74, 6) is 0.249. The number of halogens is 3. The van der Waals surface area contributed by atoms with Gasteiger partial charge in [0.2, 0.25) is 0 Å². The summed E-state index contributed by atoms with van der Waals surface area (Å²) in [5, 5.41) is 4.96. The third kappa shape index (κ3) is 3.96. The summed E-state index contributed by atoms with van der Waals surface area (Å²) in [6.45, 7) is 1.92. The number of anilines is 1. The van der Waals surface area contributed by atoms with Crippen LogP contribution in [0.5, 0.6) is 0 Å². The predicted octanol–water partition coefficient (Wildman–Crippen LogP) is 4.21. The second kappa shape index (κ2) is 5.61. The summed E-state index contributed by atoms with van der Waals surface area (Å²) < 4.78 is 37.6. The molecule has 2 aromatic heterocycles. The maximum absolute atomic E-state index is 12.5. The molecule has 0 aliphatic heterocycles. The van der Waals surface area contributed by atoms with Crippen molar-refractivity contribution in [2.45, 2.75) is 25.6 Å². The van der Waals surface area contributed by atoms with Crippen molar-refractivity contribution in [1.29, 1.82) is 0 Å². The van der Waals surface area contributed by atoms with Crippen molar-refractivity contribution in [3.63, 3.8) is 0 Å². The molecule has 2 nitrogen and oxygen atoms in total. The molecule has 0 amide bonds. The van der Waals surface area contributed by atoms with Gasteiger partial charge in [-0.3, -0.25) is 0 Å². The zero-order chi connectivity index (χ0) is 13.9. The maximum Gasteiger partial charge on any atom is 0.433 e. The molecule has 0 saturated carbocycles. The highest BCUT2D eigenvalue weighted by Gasteiger charge is 2.32. The van der Waals surface area contributed by atoms with Gasteiger partial charge in [0.05, 0.1) is 0 Å². The summed E-state index contributed by atoms with van der Waals surface area (Å²) in [6.07, 6.45) is -3.65. The minimum atomic E-state index is -4.41. The van der Waals surface area contributed by atoms with Gasteiger partial charge in [-0.05, 0) is 30.5 Å². The quantitative estimate of drug-likeness (QED) is 0.911. The van der Waals surface area contributed by atoms with E-state index < -0.39 is 11.9 Å². The fourth-order valence-electron chi connectivity index (χ4n) is 1.71. The first-order chi connectivity index (χ1) is 8.95. The van der Waals surface area contributed by atoms with E-state index in [1.807, 2.05) is 24.4 Å². The van der Waals surface area contributed by atoms with Crippen molar-refractivity contribution < 1.29 is 13.2 Å². The second-order valence-electron chi connectivity index (χ2n) is 4.23. The Morgan fingerprint density at radius 3 is 2.68 bits per heavy atom. The van der Waals surface area contributed by atoms with E-state index in [0.29, 0.717) is 0 Å². The molecule has 1 atom stereocenters. The van der Waals surface area contributed by atoms with Crippen LogP contribution in [0, 0.1) is 0 Å². The normalized spacial score (nSPS) is 13.3. The van der Waals surface area contributed by atoms with Crippen LogP contribution in [0.1, 0.15) is 17.5 Å². The number of aromatic nitrogens is 1. The minimum Gasteiger partial charge on any atom is -0.367 e. The number of thiophene rings is 1. The van der Waals surface area contributed by atoms with Crippen LogP contribution in [0.25, 0.3) is 0 Å². The Hall–Kier alpha value is -1.56. The monoisotopic (exact) mass is 286 g/mol. The number of nitrogens with zero attached hydrogens (tertiary/aromatic N) is 1. The summed E-state index contributed by atoms with van der Waals surface area (Å²) in [4.78, 5) is 4.77. The Labute approximate surface area is 113 Å². The van der Waals surface area contributed by atoms with Crippen LogP contribution >= 0.6 is 11.3 Å². The molecule has 0 aliphatic rings. The van der Waals surface area contributed by atoms with Crippen LogP contribution < -0.4 is 5.32 Å². The van der Waals surface area contributed by atoms with Crippen molar-refractivity contribution >= 4 is 17.2 Å². The van der Waals surface area contributed by atoms with Crippen LogP contribution in [0.4, 0.5) is 19.0 Å². The molecule has 1 N–H and O–H groups in total. The summed E-state index contributed by atoms with van der Waals surface area (Å²) in [5.41, 5.74) is -0.874. The summed E-state index contributed by atoms with van der Waals surface area (Å²) in [6, 6.07) is 7.85. The molecular formula is C13H13F3N2S. The highest BCUT2D eigenvalue weighted by molar-refractivity contribution is 7.09. The van der Waals surface area contributed by atoms with Gasteiger partial charge >= 0.3 is 6.18 Å². The average Bonchev–Trinajstić information content (AvgIpc) is 2.80. The fourth-order valence-corrected chi connectivity index (χ4v) is 2.54. The van der Waals surface area contributed by atoms with Gasteiger partial charge in [-0.2, -0.15) is 13.2 Å². The SMILES string of the molecule is CC(Cc1cccs1)Nc1cccc(C(F)(F)F)n1. The van der Waals surface area contributed by atoms with E-state index in [2.05, 4.69) is 10.3 Å². The second-order valence-corrected chi connectivity index (χ2v) is 5.27. The smallest absolute Gasteiger partial charge is 0.367 e. The van der Waals surface area contributed by atoms with Crippen LogP contribution in [0.3, 0.4) is 0 Å². The Morgan fingerprint density at radius 2 is 2.05 bits per heavy atom. The molecule has 0 aliphatic carbocycles. The molecule has 2 aromatic rings. The van der Waals surface area contributed by atoms with E-state index in [0.717, 1.165) is 12.5 Å². The van der Waals surface area contributed by atoms with Crippen molar-refractivity contribution in [1.82, 2.24) is 4.98 Å². The molecule has 102 valence electrons. The molecular weight excluding hydrogens is 273 g/mol. The highest BCUT2D eigenvalue weighted by Crippen LogP contribution is 2.28. The van der Waals surface area contributed by atoms with Crippen molar-refractivity contribution in [3.8, 4) is 0 Å². The summed E-state index contributed by atoms with van der Waals surface area (Å²) >= 11 is 1.63. The lowest BCUT2D eigenvalue weighted by molar-refractivity contribution is -0.141. The lowest BCUT2D eigenvalue weighted by Gasteiger charge is -2.15. The van der Waals surface area contributed by atoms with E-state index in [1.165, 1.54) is 10.9 Å². The van der Waals surface area contributed by atoms with Gasteiger partial charge in [0.25, 0.3) is 0 Å². The standard InChI is InChI=1S/C13H13F3N2S/c1-9(8-10-4-3-7-19-10)17-12-6-2-5-11(18-12)13(14,15)16/h2-7,9H,8H2,1H3,(H,17,18). The van der Waals surface area contributed by atoms with Crippen LogP contribution in [0.2, 0.25) is 0 Å². The topological polar surface area (TPSA) is 24.9 Å². The van der Waals surface area contributed by atoms with Gasteiger partial charge in [0, 0.05) is 17.3 Å². The van der Waals surface area contributed by atoms with Crippen molar-refractivity contribution in [2.24, 2.45) is 0 Å². The van der Waals surface area contributed by atoms with E-state index in [9.17, 15) is 13.2 Å². The average molecular weight is 286 g/mol. The van der Waals surface area contributed by atoms with E-state index in [1.54, 1.807) is 17.4 Å². The molecule has 0 bridgehead atoms. The molecule has 0 saturated heterocycles. The van der Waals surface area contributed by atoms with Crippen LogP contribution in [-0.2, 0) is 12.6 Å². The molecule has 1 unspecified atom stereocenters. The Balaban J connectivity index is 2.03. The van der Waals surface area contributed by atoms with Gasteiger partial charge in [0.1, 0.15) is 11.5 Å². The van der Waals surface area contributed by atoms with Crippen molar-refractivity contribution in [3.05, 3.63) is 46.3 Å². The first-order valence-electron chi connectivity index (χ1n) is 5.78. The minimum absolute atomic E-state index is 0.0228. The van der Waals surface area contributed by atoms with Gasteiger partial charge in [-0.1, -0.05) is 12.1 Å². The third-order valence-corrected chi connectivity index (χ3v) is 3.42. The molecule has 2 heterocycles. The number of nitrogens with one attached hydrogen (secondary N) is 1. The molecule has 0 spiro atoms. The maximum atomic E-state index is 12.5. The van der Waals surface area contributed by atoms with Gasteiger partial charge in [-0.15, -0.1) is 11.3 Å². The zero-order valence-corrected chi connectivity index (χ0v) is 11.1. The fraction of sp³-hybridized carbons (Fsp3) is 0.308. The Kier molecular flexibility index (Phi) is 4.09. The molecule has 0 fully saturated rings. The highest BCUT2D eigenvalue weighted by atomic mass is 32.1. The number of pyridine rings is 1. The van der Waals surface area contributed by atoms with Gasteiger partial charge in [0.15, 0.2) is 0 Å². The number of hydrogen-bond donors (Lipinski definition) is 1. The number of alkyl halides is 3. The summed E-state index contributed by atoms with van der Waals surface area (Å²) in [7, 11) is 0. The Bertz CT molecular complexity index is 523. The zero-order valence-electron chi connectivity index (χ0n) is 10.2.